The van der Waals surface area contributed by atoms with E-state index < -0.39 is 0 Å². The molecule has 0 bridgehead atoms. The van der Waals surface area contributed by atoms with Gasteiger partial charge in [-0.2, -0.15) is 5.10 Å². The number of methoxy groups -OCH3 is 2. The van der Waals surface area contributed by atoms with E-state index in [2.05, 4.69) is 15.4 Å². The third kappa shape index (κ3) is 4.73. The van der Waals surface area contributed by atoms with Crippen LogP contribution in [0.5, 0.6) is 11.6 Å². The molecule has 178 valence electrons. The fourth-order valence-electron chi connectivity index (χ4n) is 4.44. The molecule has 1 fully saturated rings. The van der Waals surface area contributed by atoms with Gasteiger partial charge in [0.2, 0.25) is 0 Å². The highest BCUT2D eigenvalue weighted by atomic mass is 16.5. The summed E-state index contributed by atoms with van der Waals surface area (Å²) in [7, 11) is 4.77. The van der Waals surface area contributed by atoms with E-state index in [0.717, 1.165) is 11.3 Å². The molecule has 1 aliphatic rings. The Morgan fingerprint density at radius 2 is 1.88 bits per heavy atom. The number of hydrogen-bond donors (Lipinski definition) is 1. The van der Waals surface area contributed by atoms with Crippen LogP contribution in [0.1, 0.15) is 44.4 Å². The van der Waals surface area contributed by atoms with E-state index in [9.17, 15) is 9.59 Å². The Balaban J connectivity index is 1.56. The van der Waals surface area contributed by atoms with Crippen molar-refractivity contribution in [3.8, 4) is 11.6 Å². The first-order valence-electron chi connectivity index (χ1n) is 11.1. The minimum Gasteiger partial charge on any atom is -0.491 e. The second-order valence-corrected chi connectivity index (χ2v) is 8.37. The fourth-order valence-corrected chi connectivity index (χ4v) is 4.44. The monoisotopic (exact) mass is 463 g/mol. The standard InChI is InChI=1S/C25H29N5O4/c1-16-12-21(29(2)28-16)23(31)27-20-10-11-30(15-19(20)17-8-6-5-7-9-17)25(32)18-13-22(33-3)24(34-4)26-14-18/h5-9,12-14,19-20H,10-11,15H2,1-4H3,(H,27,31)/t19-,20-/m1/s1. The lowest BCUT2D eigenvalue weighted by molar-refractivity contribution is 0.0670. The zero-order valence-corrected chi connectivity index (χ0v) is 19.8. The molecule has 1 aromatic carbocycles. The molecule has 0 radical (unpaired) electrons. The maximum atomic E-state index is 13.3. The van der Waals surface area contributed by atoms with Gasteiger partial charge in [0.25, 0.3) is 17.7 Å². The molecular weight excluding hydrogens is 434 g/mol. The van der Waals surface area contributed by atoms with Gasteiger partial charge >= 0.3 is 0 Å². The lowest BCUT2D eigenvalue weighted by Crippen LogP contribution is -2.51. The minimum absolute atomic E-state index is 0.0646. The summed E-state index contributed by atoms with van der Waals surface area (Å²) in [6.07, 6.45) is 2.12. The summed E-state index contributed by atoms with van der Waals surface area (Å²) in [6, 6.07) is 13.2. The number of amides is 2. The third-order valence-corrected chi connectivity index (χ3v) is 6.16. The van der Waals surface area contributed by atoms with Crippen LogP contribution in [0, 0.1) is 6.92 Å². The van der Waals surface area contributed by atoms with Crippen LogP contribution in [0.25, 0.3) is 0 Å². The average molecular weight is 464 g/mol. The first-order valence-corrected chi connectivity index (χ1v) is 11.1. The van der Waals surface area contributed by atoms with Crippen molar-refractivity contribution in [2.24, 2.45) is 7.05 Å². The van der Waals surface area contributed by atoms with Crippen LogP contribution in [0.15, 0.2) is 48.7 Å². The number of ether oxygens (including phenoxy) is 2. The van der Waals surface area contributed by atoms with Gasteiger partial charge in [0.1, 0.15) is 5.69 Å². The number of piperidine rings is 1. The van der Waals surface area contributed by atoms with Crippen molar-refractivity contribution < 1.29 is 19.1 Å². The largest absolute Gasteiger partial charge is 0.491 e. The summed E-state index contributed by atoms with van der Waals surface area (Å²) in [5.41, 5.74) is 2.80. The molecule has 1 aliphatic heterocycles. The number of rotatable bonds is 6. The Labute approximate surface area is 198 Å². The number of aryl methyl sites for hydroxylation is 2. The summed E-state index contributed by atoms with van der Waals surface area (Å²) < 4.78 is 12.1. The Bertz CT molecular complexity index is 1180. The predicted octanol–water partition coefficient (Wildman–Crippen LogP) is 2.57. The molecule has 9 nitrogen and oxygen atoms in total. The van der Waals surface area contributed by atoms with E-state index in [0.29, 0.717) is 42.4 Å². The summed E-state index contributed by atoms with van der Waals surface area (Å²) >= 11 is 0. The molecule has 1 N–H and O–H groups in total. The number of aromatic nitrogens is 3. The fraction of sp³-hybridized carbons (Fsp3) is 0.360. The van der Waals surface area contributed by atoms with Crippen LogP contribution in [-0.2, 0) is 7.05 Å². The van der Waals surface area contributed by atoms with Crippen LogP contribution in [-0.4, -0.2) is 64.8 Å². The average Bonchev–Trinajstić information content (AvgIpc) is 3.21. The highest BCUT2D eigenvalue weighted by Crippen LogP contribution is 2.30. The van der Waals surface area contributed by atoms with Gasteiger partial charge in [-0.3, -0.25) is 14.3 Å². The topological polar surface area (TPSA) is 98.6 Å². The molecule has 1 saturated heterocycles. The van der Waals surface area contributed by atoms with E-state index in [1.807, 2.05) is 37.3 Å². The number of nitrogens with zero attached hydrogens (tertiary/aromatic N) is 4. The zero-order valence-electron chi connectivity index (χ0n) is 19.8. The summed E-state index contributed by atoms with van der Waals surface area (Å²) in [6.45, 7) is 2.83. The molecule has 2 amide bonds. The molecule has 0 spiro atoms. The van der Waals surface area contributed by atoms with Crippen molar-refractivity contribution in [3.05, 3.63) is 71.2 Å². The quantitative estimate of drug-likeness (QED) is 0.603. The Morgan fingerprint density at radius 3 is 2.53 bits per heavy atom. The van der Waals surface area contributed by atoms with Gasteiger partial charge in [-0.25, -0.2) is 4.98 Å². The maximum absolute atomic E-state index is 13.3. The highest BCUT2D eigenvalue weighted by molar-refractivity contribution is 5.95. The van der Waals surface area contributed by atoms with Gasteiger partial charge in [-0.05, 0) is 25.0 Å². The normalized spacial score (nSPS) is 17.8. The molecule has 2 atom stereocenters. The maximum Gasteiger partial charge on any atom is 0.269 e. The molecular formula is C25H29N5O4. The second kappa shape index (κ2) is 9.94. The zero-order chi connectivity index (χ0) is 24.2. The third-order valence-electron chi connectivity index (χ3n) is 6.16. The number of nitrogens with one attached hydrogen (secondary N) is 1. The van der Waals surface area contributed by atoms with Crippen molar-refractivity contribution >= 4 is 11.8 Å². The minimum atomic E-state index is -0.169. The molecule has 0 aliphatic carbocycles. The van der Waals surface area contributed by atoms with Crippen LogP contribution >= 0.6 is 0 Å². The van der Waals surface area contributed by atoms with Gasteiger partial charge in [-0.1, -0.05) is 30.3 Å². The van der Waals surface area contributed by atoms with Crippen LogP contribution < -0.4 is 14.8 Å². The first-order chi connectivity index (χ1) is 16.4. The molecule has 9 heteroatoms. The van der Waals surface area contributed by atoms with Crippen molar-refractivity contribution in [2.75, 3.05) is 27.3 Å². The van der Waals surface area contributed by atoms with E-state index >= 15 is 0 Å². The van der Waals surface area contributed by atoms with Crippen molar-refractivity contribution in [2.45, 2.75) is 25.3 Å². The summed E-state index contributed by atoms with van der Waals surface area (Å²) in [5, 5.41) is 7.46. The number of benzene rings is 1. The molecule has 2 aromatic heterocycles. The number of hydrogen-bond acceptors (Lipinski definition) is 6. The van der Waals surface area contributed by atoms with Crippen LogP contribution in [0.2, 0.25) is 0 Å². The molecule has 0 unspecified atom stereocenters. The molecule has 3 heterocycles. The highest BCUT2D eigenvalue weighted by Gasteiger charge is 2.34. The summed E-state index contributed by atoms with van der Waals surface area (Å²) in [5.74, 6) is 0.360. The molecule has 0 saturated carbocycles. The lowest BCUT2D eigenvalue weighted by atomic mass is 9.85. The van der Waals surface area contributed by atoms with E-state index in [1.54, 1.807) is 28.8 Å². The Morgan fingerprint density at radius 1 is 1.12 bits per heavy atom. The number of carbonyl (C=O) groups excluding carboxylic acids is 2. The Kier molecular flexibility index (Phi) is 6.81. The Hall–Kier alpha value is -3.88. The lowest BCUT2D eigenvalue weighted by Gasteiger charge is -2.39. The van der Waals surface area contributed by atoms with Gasteiger partial charge in [0.05, 0.1) is 25.5 Å². The molecule has 3 aromatic rings. The van der Waals surface area contributed by atoms with Gasteiger partial charge in [-0.15, -0.1) is 0 Å². The number of carbonyl (C=O) groups is 2. The SMILES string of the molecule is COc1cc(C(=O)N2CC[C@@H](NC(=O)c3cc(C)nn3C)[C@@H](c3ccccc3)C2)cnc1OC. The van der Waals surface area contributed by atoms with Gasteiger partial charge in [0.15, 0.2) is 5.75 Å². The van der Waals surface area contributed by atoms with E-state index in [4.69, 9.17) is 9.47 Å². The smallest absolute Gasteiger partial charge is 0.269 e. The number of pyridine rings is 1. The first kappa shape index (κ1) is 23.3. The number of likely N-dealkylation sites (tertiary alicyclic amines) is 1. The van der Waals surface area contributed by atoms with Crippen LogP contribution in [0.4, 0.5) is 0 Å². The molecule has 4 rings (SSSR count). The van der Waals surface area contributed by atoms with Crippen LogP contribution in [0.3, 0.4) is 0 Å². The predicted molar refractivity (Wildman–Crippen MR) is 126 cm³/mol. The van der Waals surface area contributed by atoms with Crippen molar-refractivity contribution in [3.63, 3.8) is 0 Å². The molecule has 34 heavy (non-hydrogen) atoms. The van der Waals surface area contributed by atoms with E-state index in [1.165, 1.54) is 20.4 Å². The van der Waals surface area contributed by atoms with Crippen molar-refractivity contribution in [1.29, 1.82) is 0 Å². The van der Waals surface area contributed by atoms with E-state index in [-0.39, 0.29) is 23.8 Å². The van der Waals surface area contributed by atoms with Gasteiger partial charge < -0.3 is 19.7 Å². The second-order valence-electron chi connectivity index (χ2n) is 8.37. The van der Waals surface area contributed by atoms with Gasteiger partial charge in [0, 0.05) is 44.4 Å². The summed E-state index contributed by atoms with van der Waals surface area (Å²) in [4.78, 5) is 32.3. The van der Waals surface area contributed by atoms with Crippen molar-refractivity contribution in [1.82, 2.24) is 25.0 Å².